The summed E-state index contributed by atoms with van der Waals surface area (Å²) < 4.78 is 7.64. The van der Waals surface area contributed by atoms with Crippen molar-refractivity contribution in [3.63, 3.8) is 0 Å². The summed E-state index contributed by atoms with van der Waals surface area (Å²) in [7, 11) is 4.12. The smallest absolute Gasteiger partial charge is 0.341 e. The van der Waals surface area contributed by atoms with Crippen molar-refractivity contribution in [1.29, 1.82) is 0 Å². The van der Waals surface area contributed by atoms with Crippen LogP contribution >= 0.6 is 23.2 Å². The number of rotatable bonds is 8. The summed E-state index contributed by atoms with van der Waals surface area (Å²) in [5.41, 5.74) is 6.71. The Morgan fingerprint density at radius 3 is 2.65 bits per heavy atom. The number of carboxylic acid groups (broad SMARTS) is 1. The maximum absolute atomic E-state index is 13.3. The molecule has 43 heavy (non-hydrogen) atoms. The fourth-order valence-electron chi connectivity index (χ4n) is 5.64. The minimum atomic E-state index is -1.31. The Labute approximate surface area is 258 Å². The number of nitrogen functional groups attached to an aromatic ring is 1. The van der Waals surface area contributed by atoms with Gasteiger partial charge in [-0.05, 0) is 63.3 Å². The number of aromatic carboxylic acids is 1. The molecule has 0 unspecified atom stereocenters. The number of pyridine rings is 3. The van der Waals surface area contributed by atoms with Crippen LogP contribution in [0.3, 0.4) is 0 Å². The Kier molecular flexibility index (Phi) is 7.80. The Balaban J connectivity index is 1.36. The van der Waals surface area contributed by atoms with E-state index >= 15 is 0 Å². The highest BCUT2D eigenvalue weighted by atomic mass is 35.5. The highest BCUT2D eigenvalue weighted by Gasteiger charge is 2.30. The number of ether oxygens (including phenoxy) is 1. The van der Waals surface area contributed by atoms with Crippen molar-refractivity contribution in [3.05, 3.63) is 74.6 Å². The first-order chi connectivity index (χ1) is 20.6. The third-order valence-electron chi connectivity index (χ3n) is 8.16. The van der Waals surface area contributed by atoms with Gasteiger partial charge in [-0.1, -0.05) is 23.2 Å². The van der Waals surface area contributed by atoms with Crippen LogP contribution in [0, 0.1) is 0 Å². The van der Waals surface area contributed by atoms with Crippen molar-refractivity contribution >= 4 is 57.4 Å². The van der Waals surface area contributed by atoms with E-state index in [1.807, 2.05) is 18.2 Å². The minimum absolute atomic E-state index is 0.0452. The van der Waals surface area contributed by atoms with E-state index in [9.17, 15) is 14.7 Å². The van der Waals surface area contributed by atoms with Crippen molar-refractivity contribution < 1.29 is 14.6 Å². The number of nitrogens with two attached hydrogens (primary N) is 1. The Hall–Kier alpha value is -4.06. The first-order valence-corrected chi connectivity index (χ1v) is 14.7. The van der Waals surface area contributed by atoms with Gasteiger partial charge in [-0.15, -0.1) is 0 Å². The number of hydrogen-bond donors (Lipinski definition) is 2. The third kappa shape index (κ3) is 5.55. The SMILES string of the molecule is CN(C)C1CN(c2ccc(-n3cc(C(=O)O)c(=O)c4cc(Cl)c(N5CCC[C@@H]5COc5nc(N)ccc5Cl)cc43)cn2)C1. The largest absolute Gasteiger partial charge is 0.477 e. The highest BCUT2D eigenvalue weighted by molar-refractivity contribution is 6.34. The molecule has 2 saturated heterocycles. The Morgan fingerprint density at radius 2 is 1.95 bits per heavy atom. The predicted octanol–water partition coefficient (Wildman–Crippen LogP) is 4.17. The second kappa shape index (κ2) is 11.6. The van der Waals surface area contributed by atoms with E-state index in [2.05, 4.69) is 38.8 Å². The molecule has 1 aromatic carbocycles. The fourth-order valence-corrected chi connectivity index (χ4v) is 6.07. The number of hydrogen-bond acceptors (Lipinski definition) is 9. The minimum Gasteiger partial charge on any atom is -0.477 e. The number of anilines is 3. The van der Waals surface area contributed by atoms with Gasteiger partial charge in [0.15, 0.2) is 0 Å². The van der Waals surface area contributed by atoms with E-state index in [0.29, 0.717) is 45.4 Å². The molecular weight excluding hydrogens is 593 g/mol. The van der Waals surface area contributed by atoms with E-state index in [4.69, 9.17) is 33.7 Å². The van der Waals surface area contributed by atoms with Gasteiger partial charge in [0.05, 0.1) is 34.2 Å². The van der Waals surface area contributed by atoms with Gasteiger partial charge in [0.1, 0.15) is 28.8 Å². The highest BCUT2D eigenvalue weighted by Crippen LogP contribution is 2.36. The normalized spacial score (nSPS) is 17.1. The molecule has 0 radical (unpaired) electrons. The van der Waals surface area contributed by atoms with Gasteiger partial charge in [0.25, 0.3) is 0 Å². The van der Waals surface area contributed by atoms with Crippen molar-refractivity contribution in [1.82, 2.24) is 19.4 Å². The molecule has 0 amide bonds. The molecule has 6 rings (SSSR count). The number of carbonyl (C=O) groups is 1. The average molecular weight is 625 g/mol. The lowest BCUT2D eigenvalue weighted by molar-refractivity contribution is 0.0695. The number of carboxylic acids is 1. The van der Waals surface area contributed by atoms with Crippen molar-refractivity contribution in [2.45, 2.75) is 24.9 Å². The molecule has 2 aliphatic heterocycles. The van der Waals surface area contributed by atoms with Gasteiger partial charge in [-0.25, -0.2) is 9.78 Å². The van der Waals surface area contributed by atoms with Crippen LogP contribution in [0.25, 0.3) is 16.6 Å². The maximum atomic E-state index is 13.3. The summed E-state index contributed by atoms with van der Waals surface area (Å²) in [6, 6.07) is 10.8. The molecule has 11 nitrogen and oxygen atoms in total. The molecule has 0 spiro atoms. The van der Waals surface area contributed by atoms with Crippen LogP contribution < -0.4 is 25.7 Å². The summed E-state index contributed by atoms with van der Waals surface area (Å²) in [4.78, 5) is 40.6. The van der Waals surface area contributed by atoms with Crippen molar-refractivity contribution in [2.75, 3.05) is 55.9 Å². The number of halogens is 2. The summed E-state index contributed by atoms with van der Waals surface area (Å²) >= 11 is 13.0. The summed E-state index contributed by atoms with van der Waals surface area (Å²) in [6.07, 6.45) is 4.79. The zero-order valence-corrected chi connectivity index (χ0v) is 25.2. The molecule has 3 N–H and O–H groups in total. The van der Waals surface area contributed by atoms with E-state index in [1.54, 1.807) is 29.0 Å². The first-order valence-electron chi connectivity index (χ1n) is 13.9. The van der Waals surface area contributed by atoms with E-state index in [-0.39, 0.29) is 22.9 Å². The zero-order valence-electron chi connectivity index (χ0n) is 23.7. The number of likely N-dealkylation sites (N-methyl/N-ethyl adjacent to an activating group) is 1. The first kappa shape index (κ1) is 29.0. The molecule has 0 saturated carbocycles. The van der Waals surface area contributed by atoms with Gasteiger partial charge < -0.3 is 34.8 Å². The predicted molar refractivity (Wildman–Crippen MR) is 169 cm³/mol. The van der Waals surface area contributed by atoms with Crippen LogP contribution in [0.4, 0.5) is 17.3 Å². The molecule has 0 bridgehead atoms. The second-order valence-corrected chi connectivity index (χ2v) is 11.9. The van der Waals surface area contributed by atoms with Gasteiger partial charge >= 0.3 is 5.97 Å². The number of benzene rings is 1. The number of nitrogens with zero attached hydrogens (tertiary/aromatic N) is 6. The molecule has 2 fully saturated rings. The fraction of sp³-hybridized carbons (Fsp3) is 0.333. The van der Waals surface area contributed by atoms with Gasteiger partial charge in [0.2, 0.25) is 11.3 Å². The van der Waals surface area contributed by atoms with Gasteiger partial charge in [-0.3, -0.25) is 4.79 Å². The second-order valence-electron chi connectivity index (χ2n) is 11.1. The van der Waals surface area contributed by atoms with Crippen LogP contribution in [-0.4, -0.2) is 82.9 Å². The number of fused-ring (bicyclic) bond motifs is 1. The molecule has 4 aromatic rings. The quantitative estimate of drug-likeness (QED) is 0.295. The van der Waals surface area contributed by atoms with E-state index < -0.39 is 11.4 Å². The average Bonchev–Trinajstić information content (AvgIpc) is 3.41. The molecule has 224 valence electrons. The lowest BCUT2D eigenvalue weighted by atomic mass is 10.1. The molecule has 13 heteroatoms. The van der Waals surface area contributed by atoms with Crippen LogP contribution in [0.1, 0.15) is 23.2 Å². The molecular formula is C30H31Cl2N7O4. The third-order valence-corrected chi connectivity index (χ3v) is 8.75. The Bertz CT molecular complexity index is 1760. The summed E-state index contributed by atoms with van der Waals surface area (Å²) in [6.45, 7) is 2.78. The van der Waals surface area contributed by atoms with Crippen molar-refractivity contribution in [3.8, 4) is 11.6 Å². The standard InChI is InChI=1S/C30H31Cl2N7O4/c1-36(2)19-13-37(14-19)27-8-5-17(12-34-27)39-15-21(30(41)42)28(40)20-10-23(32)25(11-24(20)39)38-9-3-4-18(38)16-43-29-22(31)6-7-26(33)35-29/h5-8,10-12,15,18-19H,3-4,9,13-14,16H2,1-2H3,(H2,33,35)(H,41,42)/t18-/m1/s1. The van der Waals surface area contributed by atoms with Crippen LogP contribution in [0.15, 0.2) is 53.6 Å². The maximum Gasteiger partial charge on any atom is 0.341 e. The number of aromatic nitrogens is 3. The zero-order chi connectivity index (χ0) is 30.4. The molecule has 3 aromatic heterocycles. The van der Waals surface area contributed by atoms with E-state index in [0.717, 1.165) is 38.3 Å². The molecule has 0 aliphatic carbocycles. The summed E-state index contributed by atoms with van der Waals surface area (Å²) in [5, 5.41) is 10.7. The van der Waals surface area contributed by atoms with Crippen molar-refractivity contribution in [2.24, 2.45) is 0 Å². The topological polar surface area (TPSA) is 130 Å². The molecule has 2 aliphatic rings. The lowest BCUT2D eigenvalue weighted by Gasteiger charge is -2.43. The molecule has 1 atom stereocenters. The van der Waals surface area contributed by atoms with Crippen LogP contribution in [0.5, 0.6) is 5.88 Å². The van der Waals surface area contributed by atoms with Crippen LogP contribution in [0.2, 0.25) is 10.0 Å². The lowest BCUT2D eigenvalue weighted by Crippen LogP contribution is -2.57. The van der Waals surface area contributed by atoms with Crippen LogP contribution in [-0.2, 0) is 0 Å². The summed E-state index contributed by atoms with van der Waals surface area (Å²) in [5.74, 6) is 0.0963. The monoisotopic (exact) mass is 623 g/mol. The van der Waals surface area contributed by atoms with Gasteiger partial charge in [-0.2, -0.15) is 4.98 Å². The van der Waals surface area contributed by atoms with E-state index in [1.165, 1.54) is 6.20 Å². The Morgan fingerprint density at radius 1 is 1.16 bits per heavy atom. The molecule has 5 heterocycles. The van der Waals surface area contributed by atoms with Gasteiger partial charge in [0, 0.05) is 37.3 Å².